The van der Waals surface area contributed by atoms with Gasteiger partial charge in [0.2, 0.25) is 5.91 Å². The first kappa shape index (κ1) is 16.2. The van der Waals surface area contributed by atoms with Gasteiger partial charge in [-0.15, -0.1) is 0 Å². The molecule has 1 amide bonds. The molecule has 23 heavy (non-hydrogen) atoms. The lowest BCUT2D eigenvalue weighted by Gasteiger charge is -2.14. The molecular weight excluding hydrogens is 298 g/mol. The molecule has 1 aromatic heterocycles. The molecule has 1 N–H and O–H groups in total. The van der Waals surface area contributed by atoms with Gasteiger partial charge in [0, 0.05) is 0 Å². The highest BCUT2D eigenvalue weighted by Gasteiger charge is 2.27. The molecule has 2 aromatic rings. The summed E-state index contributed by atoms with van der Waals surface area (Å²) in [5.74, 6) is -0.409. The highest BCUT2D eigenvalue weighted by molar-refractivity contribution is 5.94. The van der Waals surface area contributed by atoms with Gasteiger partial charge in [0.1, 0.15) is 23.5 Å². The molecule has 1 atom stereocenters. The number of nitriles is 1. The summed E-state index contributed by atoms with van der Waals surface area (Å²) in [6, 6.07) is 7.85. The van der Waals surface area contributed by atoms with Crippen molar-refractivity contribution in [3.05, 3.63) is 51.3 Å². The van der Waals surface area contributed by atoms with Crippen LogP contribution in [-0.2, 0) is 4.79 Å². The number of nitrogens with zero attached hydrogens (tertiary/aromatic N) is 4. The minimum atomic E-state index is -0.755. The minimum Gasteiger partial charge on any atom is -0.323 e. The van der Waals surface area contributed by atoms with Crippen LogP contribution in [0, 0.1) is 35.3 Å². The molecule has 0 radical (unpaired) electrons. The normalized spacial score (nSPS) is 11.6. The lowest BCUT2D eigenvalue weighted by atomic mass is 10.2. The predicted octanol–water partition coefficient (Wildman–Crippen LogP) is 2.48. The van der Waals surface area contributed by atoms with Crippen LogP contribution >= 0.6 is 0 Å². The fraction of sp³-hybridized carbons (Fsp3) is 0.267. The van der Waals surface area contributed by atoms with E-state index in [0.717, 1.165) is 0 Å². The van der Waals surface area contributed by atoms with Gasteiger partial charge in [-0.1, -0.05) is 12.1 Å². The molecule has 0 aliphatic rings. The second-order valence-corrected chi connectivity index (χ2v) is 5.04. The number of hydrogen-bond donors (Lipinski definition) is 1. The monoisotopic (exact) mass is 313 g/mol. The van der Waals surface area contributed by atoms with Crippen LogP contribution in [0.15, 0.2) is 24.3 Å². The second kappa shape index (κ2) is 6.27. The number of carbonyl (C=O) groups excluding carboxylic acids is 1. The standard InChI is InChI=1S/C15H15N5O3/c1-9-14(20(22)23)10(2)19(18-9)11(3)15(21)17-13-7-5-4-6-12(13)8-16/h4-7,11H,1-3H3,(H,17,21)/t11-/m1/s1. The number of anilines is 1. The van der Waals surface area contributed by atoms with Gasteiger partial charge in [-0.25, -0.2) is 0 Å². The van der Waals surface area contributed by atoms with E-state index in [1.807, 2.05) is 6.07 Å². The Labute approximate surface area is 132 Å². The van der Waals surface area contributed by atoms with Crippen LogP contribution in [0.2, 0.25) is 0 Å². The van der Waals surface area contributed by atoms with Crippen molar-refractivity contribution in [1.29, 1.82) is 5.26 Å². The number of hydrogen-bond acceptors (Lipinski definition) is 5. The van der Waals surface area contributed by atoms with Gasteiger partial charge in [-0.2, -0.15) is 10.4 Å². The summed E-state index contributed by atoms with van der Waals surface area (Å²) in [6.07, 6.45) is 0. The first-order valence-electron chi connectivity index (χ1n) is 6.87. The highest BCUT2D eigenvalue weighted by Crippen LogP contribution is 2.25. The van der Waals surface area contributed by atoms with Crippen LogP contribution in [0.4, 0.5) is 11.4 Å². The average Bonchev–Trinajstić information content (AvgIpc) is 2.81. The number of para-hydroxylation sites is 1. The van der Waals surface area contributed by atoms with Gasteiger partial charge in [0.15, 0.2) is 0 Å². The number of amides is 1. The van der Waals surface area contributed by atoms with Crippen molar-refractivity contribution in [3.63, 3.8) is 0 Å². The van der Waals surface area contributed by atoms with Crippen molar-refractivity contribution in [1.82, 2.24) is 9.78 Å². The van der Waals surface area contributed by atoms with E-state index in [1.165, 1.54) is 11.6 Å². The SMILES string of the molecule is Cc1nn([C@H](C)C(=O)Nc2ccccc2C#N)c(C)c1[N+](=O)[O-]. The average molecular weight is 313 g/mol. The molecule has 0 unspecified atom stereocenters. The molecule has 8 nitrogen and oxygen atoms in total. The molecule has 8 heteroatoms. The van der Waals surface area contributed by atoms with E-state index in [-0.39, 0.29) is 11.4 Å². The van der Waals surface area contributed by atoms with E-state index < -0.39 is 16.9 Å². The number of aryl methyl sites for hydroxylation is 1. The van der Waals surface area contributed by atoms with E-state index in [0.29, 0.717) is 16.9 Å². The van der Waals surface area contributed by atoms with E-state index >= 15 is 0 Å². The van der Waals surface area contributed by atoms with Crippen molar-refractivity contribution >= 4 is 17.3 Å². The molecule has 0 bridgehead atoms. The highest BCUT2D eigenvalue weighted by atomic mass is 16.6. The van der Waals surface area contributed by atoms with Crippen LogP contribution in [0.1, 0.15) is 29.9 Å². The first-order valence-corrected chi connectivity index (χ1v) is 6.87. The van der Waals surface area contributed by atoms with Crippen LogP contribution in [0.5, 0.6) is 0 Å². The largest absolute Gasteiger partial charge is 0.323 e. The quantitative estimate of drug-likeness (QED) is 0.688. The maximum absolute atomic E-state index is 12.4. The smallest absolute Gasteiger partial charge is 0.312 e. The van der Waals surface area contributed by atoms with Crippen molar-refractivity contribution in [2.24, 2.45) is 0 Å². The molecule has 0 fully saturated rings. The second-order valence-electron chi connectivity index (χ2n) is 5.04. The van der Waals surface area contributed by atoms with Crippen molar-refractivity contribution in [2.75, 3.05) is 5.32 Å². The predicted molar refractivity (Wildman–Crippen MR) is 82.9 cm³/mol. The molecule has 0 saturated heterocycles. The number of aromatic nitrogens is 2. The summed E-state index contributed by atoms with van der Waals surface area (Å²) < 4.78 is 1.32. The Balaban J connectivity index is 2.29. The van der Waals surface area contributed by atoms with Crippen molar-refractivity contribution < 1.29 is 9.72 Å². The van der Waals surface area contributed by atoms with E-state index in [2.05, 4.69) is 10.4 Å². The number of nitro groups is 1. The van der Waals surface area contributed by atoms with E-state index in [1.54, 1.807) is 38.1 Å². The number of carbonyl (C=O) groups is 1. The summed E-state index contributed by atoms with van der Waals surface area (Å²) >= 11 is 0. The molecule has 1 heterocycles. The Morgan fingerprint density at radius 2 is 2.09 bits per heavy atom. The molecule has 0 aliphatic carbocycles. The van der Waals surface area contributed by atoms with Gasteiger partial charge in [-0.3, -0.25) is 19.6 Å². The van der Waals surface area contributed by atoms with Gasteiger partial charge in [0.05, 0.1) is 16.2 Å². The Kier molecular flexibility index (Phi) is 4.41. The lowest BCUT2D eigenvalue weighted by Crippen LogP contribution is -2.25. The zero-order valence-electron chi connectivity index (χ0n) is 12.9. The van der Waals surface area contributed by atoms with Crippen LogP contribution in [0.3, 0.4) is 0 Å². The van der Waals surface area contributed by atoms with Gasteiger partial charge >= 0.3 is 5.69 Å². The molecule has 118 valence electrons. The maximum atomic E-state index is 12.4. The Bertz CT molecular complexity index is 819. The van der Waals surface area contributed by atoms with Gasteiger partial charge in [-0.05, 0) is 32.9 Å². The van der Waals surface area contributed by atoms with Crippen LogP contribution in [-0.4, -0.2) is 20.6 Å². The summed E-state index contributed by atoms with van der Waals surface area (Å²) in [7, 11) is 0. The lowest BCUT2D eigenvalue weighted by molar-refractivity contribution is -0.386. The third-order valence-electron chi connectivity index (χ3n) is 3.52. The summed E-state index contributed by atoms with van der Waals surface area (Å²) in [4.78, 5) is 22.9. The number of nitrogens with one attached hydrogen (secondary N) is 1. The molecule has 1 aromatic carbocycles. The van der Waals surface area contributed by atoms with Crippen molar-refractivity contribution in [3.8, 4) is 6.07 Å². The Morgan fingerprint density at radius 3 is 2.65 bits per heavy atom. The fourth-order valence-electron chi connectivity index (χ4n) is 2.33. The first-order chi connectivity index (χ1) is 10.9. The Morgan fingerprint density at radius 1 is 1.43 bits per heavy atom. The minimum absolute atomic E-state index is 0.0953. The summed E-state index contributed by atoms with van der Waals surface area (Å²) in [5, 5.41) is 26.8. The van der Waals surface area contributed by atoms with E-state index in [9.17, 15) is 14.9 Å². The molecular formula is C15H15N5O3. The van der Waals surface area contributed by atoms with E-state index in [4.69, 9.17) is 5.26 Å². The zero-order valence-corrected chi connectivity index (χ0v) is 12.9. The van der Waals surface area contributed by atoms with Crippen molar-refractivity contribution in [2.45, 2.75) is 26.8 Å². The number of benzene rings is 1. The third-order valence-corrected chi connectivity index (χ3v) is 3.52. The third kappa shape index (κ3) is 3.03. The molecule has 0 saturated carbocycles. The Hall–Kier alpha value is -3.21. The zero-order chi connectivity index (χ0) is 17.1. The van der Waals surface area contributed by atoms with Gasteiger partial charge in [0.25, 0.3) is 0 Å². The number of rotatable bonds is 4. The summed E-state index contributed by atoms with van der Waals surface area (Å²) in [5.41, 5.74) is 1.20. The summed E-state index contributed by atoms with van der Waals surface area (Å²) in [6.45, 7) is 4.66. The fourth-order valence-corrected chi connectivity index (χ4v) is 2.33. The molecule has 0 spiro atoms. The maximum Gasteiger partial charge on any atom is 0.312 e. The van der Waals surface area contributed by atoms with Gasteiger partial charge < -0.3 is 5.32 Å². The van der Waals surface area contributed by atoms with Crippen LogP contribution < -0.4 is 5.32 Å². The topological polar surface area (TPSA) is 114 Å². The molecule has 0 aliphatic heterocycles. The molecule has 2 rings (SSSR count). The van der Waals surface area contributed by atoms with Crippen LogP contribution in [0.25, 0.3) is 0 Å².